The lowest BCUT2D eigenvalue weighted by molar-refractivity contribution is 0.0876. The summed E-state index contributed by atoms with van der Waals surface area (Å²) in [5, 5.41) is 5.08. The Morgan fingerprint density at radius 1 is 1.15 bits per heavy atom. The second-order valence-corrected chi connectivity index (χ2v) is 7.85. The Bertz CT molecular complexity index is 746. The Balaban J connectivity index is 1.27. The van der Waals surface area contributed by atoms with E-state index in [-0.39, 0.29) is 17.5 Å². The van der Waals surface area contributed by atoms with Crippen molar-refractivity contribution in [3.05, 3.63) is 58.0 Å². The summed E-state index contributed by atoms with van der Waals surface area (Å²) in [5.41, 5.74) is 6.90. The Labute approximate surface area is 156 Å². The van der Waals surface area contributed by atoms with E-state index < -0.39 is 5.82 Å². The minimum atomic E-state index is -0.469. The Morgan fingerprint density at radius 3 is 2.69 bits per heavy atom. The van der Waals surface area contributed by atoms with Crippen molar-refractivity contribution < 1.29 is 9.18 Å². The molecule has 2 aliphatic heterocycles. The van der Waals surface area contributed by atoms with Crippen LogP contribution >= 0.6 is 11.3 Å². The molecule has 3 heterocycles. The number of hydrogen-bond acceptors (Lipinski definition) is 5. The van der Waals surface area contributed by atoms with Crippen LogP contribution in [0.4, 0.5) is 4.39 Å². The summed E-state index contributed by atoms with van der Waals surface area (Å²) in [6, 6.07) is 10.8. The van der Waals surface area contributed by atoms with Gasteiger partial charge in [0.05, 0.1) is 17.8 Å². The van der Waals surface area contributed by atoms with E-state index >= 15 is 0 Å². The van der Waals surface area contributed by atoms with Crippen LogP contribution in [-0.4, -0.2) is 36.1 Å². The molecule has 0 aliphatic carbocycles. The maximum absolute atomic E-state index is 13.7. The maximum Gasteiger partial charge on any atom is 0.254 e. The SMILES string of the molecule is O=C(NC1CCN(C2CC(c3cccs3)NN2)CC1)c1ccccc1F. The van der Waals surface area contributed by atoms with Crippen molar-refractivity contribution in [1.82, 2.24) is 21.1 Å². The summed E-state index contributed by atoms with van der Waals surface area (Å²) in [6.45, 7) is 1.83. The van der Waals surface area contributed by atoms with Gasteiger partial charge in [-0.15, -0.1) is 11.3 Å². The van der Waals surface area contributed by atoms with Gasteiger partial charge in [0.25, 0.3) is 5.91 Å². The third kappa shape index (κ3) is 3.81. The number of thiophene rings is 1. The molecule has 0 radical (unpaired) electrons. The van der Waals surface area contributed by atoms with Crippen LogP contribution in [0.25, 0.3) is 0 Å². The summed E-state index contributed by atoms with van der Waals surface area (Å²) in [4.78, 5) is 16.0. The molecule has 138 valence electrons. The van der Waals surface area contributed by atoms with Crippen LogP contribution in [0.2, 0.25) is 0 Å². The van der Waals surface area contributed by atoms with Gasteiger partial charge in [-0.1, -0.05) is 18.2 Å². The second kappa shape index (κ2) is 7.84. The molecule has 5 nitrogen and oxygen atoms in total. The van der Waals surface area contributed by atoms with Crippen LogP contribution in [-0.2, 0) is 0 Å². The van der Waals surface area contributed by atoms with E-state index in [4.69, 9.17) is 0 Å². The number of carbonyl (C=O) groups is 1. The number of rotatable bonds is 4. The lowest BCUT2D eigenvalue weighted by atomic mass is 10.0. The number of carbonyl (C=O) groups excluding carboxylic acids is 1. The summed E-state index contributed by atoms with van der Waals surface area (Å²) in [6.07, 6.45) is 3.10. The number of halogens is 1. The van der Waals surface area contributed by atoms with E-state index in [0.717, 1.165) is 32.4 Å². The second-order valence-electron chi connectivity index (χ2n) is 6.87. The lowest BCUT2D eigenvalue weighted by Gasteiger charge is -2.35. The van der Waals surface area contributed by atoms with E-state index in [1.54, 1.807) is 23.5 Å². The Kier molecular flexibility index (Phi) is 5.31. The number of benzene rings is 1. The standard InChI is InChI=1S/C19H23FN4OS/c20-15-5-2-1-4-14(15)19(25)21-13-7-9-24(10-8-13)18-12-16(22-23-18)17-6-3-11-26-17/h1-6,11,13,16,18,22-23H,7-10,12H2,(H,21,25). The normalized spacial score (nSPS) is 24.7. The van der Waals surface area contributed by atoms with E-state index in [9.17, 15) is 9.18 Å². The molecule has 4 rings (SSSR count). The molecule has 0 spiro atoms. The molecule has 1 aromatic heterocycles. The van der Waals surface area contributed by atoms with Crippen molar-refractivity contribution in [2.75, 3.05) is 13.1 Å². The van der Waals surface area contributed by atoms with Gasteiger partial charge in [0.2, 0.25) is 0 Å². The molecular formula is C19H23FN4OS. The van der Waals surface area contributed by atoms with Gasteiger partial charge >= 0.3 is 0 Å². The Morgan fingerprint density at radius 2 is 1.96 bits per heavy atom. The summed E-state index contributed by atoms with van der Waals surface area (Å²) < 4.78 is 13.7. The molecule has 2 unspecified atom stereocenters. The average Bonchev–Trinajstić information content (AvgIpc) is 3.34. The predicted octanol–water partition coefficient (Wildman–Crippen LogP) is 2.65. The van der Waals surface area contributed by atoms with Crippen molar-refractivity contribution in [2.45, 2.75) is 37.5 Å². The molecule has 2 aliphatic rings. The van der Waals surface area contributed by atoms with Gasteiger partial charge in [-0.2, -0.15) is 0 Å². The van der Waals surface area contributed by atoms with Gasteiger partial charge in [0.1, 0.15) is 5.82 Å². The largest absolute Gasteiger partial charge is 0.349 e. The summed E-state index contributed by atoms with van der Waals surface area (Å²) in [5.74, 6) is -0.789. The van der Waals surface area contributed by atoms with E-state index in [2.05, 4.69) is 38.6 Å². The van der Waals surface area contributed by atoms with E-state index in [1.165, 1.54) is 17.0 Å². The highest BCUT2D eigenvalue weighted by atomic mass is 32.1. The number of hydrogen-bond donors (Lipinski definition) is 3. The number of amides is 1. The van der Waals surface area contributed by atoms with Crippen molar-refractivity contribution >= 4 is 17.2 Å². The van der Waals surface area contributed by atoms with Gasteiger partial charge < -0.3 is 5.32 Å². The first kappa shape index (κ1) is 17.6. The predicted molar refractivity (Wildman–Crippen MR) is 100 cm³/mol. The maximum atomic E-state index is 13.7. The highest BCUT2D eigenvalue weighted by Gasteiger charge is 2.32. The number of likely N-dealkylation sites (tertiary alicyclic amines) is 1. The first-order valence-electron chi connectivity index (χ1n) is 9.04. The molecule has 7 heteroatoms. The minimum absolute atomic E-state index is 0.0980. The van der Waals surface area contributed by atoms with Crippen molar-refractivity contribution in [3.8, 4) is 0 Å². The fourth-order valence-electron chi connectivity index (χ4n) is 3.72. The molecule has 1 aromatic carbocycles. The third-order valence-corrected chi connectivity index (χ3v) is 6.18. The molecule has 3 N–H and O–H groups in total. The van der Waals surface area contributed by atoms with Crippen LogP contribution in [0, 0.1) is 5.82 Å². The van der Waals surface area contributed by atoms with Crippen LogP contribution < -0.4 is 16.2 Å². The van der Waals surface area contributed by atoms with Crippen molar-refractivity contribution in [2.24, 2.45) is 0 Å². The highest BCUT2D eigenvalue weighted by Crippen LogP contribution is 2.28. The molecule has 0 bridgehead atoms. The van der Waals surface area contributed by atoms with Crippen LogP contribution in [0.1, 0.15) is 40.5 Å². The average molecular weight is 374 g/mol. The summed E-state index contributed by atoms with van der Waals surface area (Å²) in [7, 11) is 0. The smallest absolute Gasteiger partial charge is 0.254 e. The summed E-state index contributed by atoms with van der Waals surface area (Å²) >= 11 is 1.78. The topological polar surface area (TPSA) is 56.4 Å². The third-order valence-electron chi connectivity index (χ3n) is 5.19. The minimum Gasteiger partial charge on any atom is -0.349 e. The molecule has 2 saturated heterocycles. The molecule has 2 atom stereocenters. The van der Waals surface area contributed by atoms with Crippen LogP contribution in [0.15, 0.2) is 41.8 Å². The fraction of sp³-hybridized carbons (Fsp3) is 0.421. The zero-order valence-corrected chi connectivity index (χ0v) is 15.3. The van der Waals surface area contributed by atoms with Gasteiger partial charge in [-0.3, -0.25) is 9.69 Å². The van der Waals surface area contributed by atoms with Crippen LogP contribution in [0.3, 0.4) is 0 Å². The van der Waals surface area contributed by atoms with Gasteiger partial charge in [0, 0.05) is 24.0 Å². The lowest BCUT2D eigenvalue weighted by Crippen LogP contribution is -2.51. The number of nitrogens with zero attached hydrogens (tertiary/aromatic N) is 1. The fourth-order valence-corrected chi connectivity index (χ4v) is 4.51. The zero-order chi connectivity index (χ0) is 17.9. The number of piperidine rings is 1. The molecule has 26 heavy (non-hydrogen) atoms. The molecular weight excluding hydrogens is 351 g/mol. The zero-order valence-electron chi connectivity index (χ0n) is 14.5. The first-order chi connectivity index (χ1) is 12.7. The van der Waals surface area contributed by atoms with Gasteiger partial charge in [-0.25, -0.2) is 15.2 Å². The molecule has 2 aromatic rings. The molecule has 2 fully saturated rings. The van der Waals surface area contributed by atoms with Gasteiger partial charge in [-0.05, 0) is 42.8 Å². The number of hydrazine groups is 1. The Hall–Kier alpha value is -1.80. The monoisotopic (exact) mass is 374 g/mol. The number of nitrogens with one attached hydrogen (secondary N) is 3. The molecule has 0 saturated carbocycles. The first-order valence-corrected chi connectivity index (χ1v) is 9.92. The quantitative estimate of drug-likeness (QED) is 0.770. The van der Waals surface area contributed by atoms with E-state index in [1.807, 2.05) is 0 Å². The van der Waals surface area contributed by atoms with E-state index in [0.29, 0.717) is 12.2 Å². The van der Waals surface area contributed by atoms with Gasteiger partial charge in [0.15, 0.2) is 0 Å². The highest BCUT2D eigenvalue weighted by molar-refractivity contribution is 7.10. The van der Waals surface area contributed by atoms with Crippen molar-refractivity contribution in [3.63, 3.8) is 0 Å². The van der Waals surface area contributed by atoms with Crippen LogP contribution in [0.5, 0.6) is 0 Å². The van der Waals surface area contributed by atoms with Crippen molar-refractivity contribution in [1.29, 1.82) is 0 Å². The molecule has 1 amide bonds.